The van der Waals surface area contributed by atoms with E-state index in [4.69, 9.17) is 26.1 Å². The van der Waals surface area contributed by atoms with Gasteiger partial charge in [-0.25, -0.2) is 9.67 Å². The van der Waals surface area contributed by atoms with Crippen molar-refractivity contribution in [3.05, 3.63) is 46.5 Å². The number of benzene rings is 1. The number of halogens is 1. The fraction of sp³-hybridized carbons (Fsp3) is 0.556. The number of nitrogens with zero attached hydrogens (tertiary/aromatic N) is 3. The summed E-state index contributed by atoms with van der Waals surface area (Å²) in [5, 5.41) is 5.40. The molecule has 5 nitrogen and oxygen atoms in total. The van der Waals surface area contributed by atoms with E-state index < -0.39 is 0 Å². The van der Waals surface area contributed by atoms with Gasteiger partial charge in [-0.15, -0.1) is 0 Å². The fourth-order valence-electron chi connectivity index (χ4n) is 3.71. The van der Waals surface area contributed by atoms with E-state index in [9.17, 15) is 0 Å². The van der Waals surface area contributed by atoms with Gasteiger partial charge in [0.25, 0.3) is 0 Å². The largest absolute Gasteiger partial charge is 0.376 e. The van der Waals surface area contributed by atoms with Crippen molar-refractivity contribution in [1.29, 1.82) is 0 Å². The first-order valence-electron chi connectivity index (χ1n) is 8.55. The maximum absolute atomic E-state index is 6.07. The lowest BCUT2D eigenvalue weighted by atomic mass is 9.64. The molecule has 0 N–H and O–H groups in total. The number of rotatable bonds is 4. The number of aromatic nitrogens is 3. The van der Waals surface area contributed by atoms with Crippen LogP contribution in [0, 0.1) is 6.92 Å². The Morgan fingerprint density at radius 1 is 1.25 bits per heavy atom. The Kier molecular flexibility index (Phi) is 4.33. The smallest absolute Gasteiger partial charge is 0.147 e. The van der Waals surface area contributed by atoms with Gasteiger partial charge in [0.2, 0.25) is 0 Å². The van der Waals surface area contributed by atoms with Crippen molar-refractivity contribution in [2.45, 2.75) is 44.2 Å². The van der Waals surface area contributed by atoms with Gasteiger partial charge < -0.3 is 9.47 Å². The second kappa shape index (κ2) is 6.47. The van der Waals surface area contributed by atoms with E-state index in [1.54, 1.807) is 0 Å². The summed E-state index contributed by atoms with van der Waals surface area (Å²) in [6, 6.07) is 8.16. The van der Waals surface area contributed by atoms with Crippen LogP contribution in [0.15, 0.2) is 24.3 Å². The van der Waals surface area contributed by atoms with Gasteiger partial charge in [0.05, 0.1) is 31.8 Å². The summed E-state index contributed by atoms with van der Waals surface area (Å²) in [6.45, 7) is 4.58. The summed E-state index contributed by atoms with van der Waals surface area (Å²) in [4.78, 5) is 4.79. The first kappa shape index (κ1) is 16.1. The SMILES string of the molecule is Cc1nc(C2(c3ccc(Cl)cc3)CCC2)n(C[C@@H]2COCCO2)n1. The molecule has 2 heterocycles. The van der Waals surface area contributed by atoms with Crippen molar-refractivity contribution in [1.82, 2.24) is 14.8 Å². The Bertz CT molecular complexity index is 704. The summed E-state index contributed by atoms with van der Waals surface area (Å²) < 4.78 is 13.4. The van der Waals surface area contributed by atoms with E-state index in [0.717, 1.165) is 29.5 Å². The summed E-state index contributed by atoms with van der Waals surface area (Å²) in [5.41, 5.74) is 1.22. The molecule has 1 atom stereocenters. The van der Waals surface area contributed by atoms with Gasteiger partial charge in [0, 0.05) is 5.02 Å². The van der Waals surface area contributed by atoms with Crippen molar-refractivity contribution in [3.63, 3.8) is 0 Å². The topological polar surface area (TPSA) is 49.2 Å². The summed E-state index contributed by atoms with van der Waals surface area (Å²) >= 11 is 6.07. The Morgan fingerprint density at radius 3 is 2.67 bits per heavy atom. The first-order valence-corrected chi connectivity index (χ1v) is 8.92. The molecule has 0 bridgehead atoms. The highest BCUT2D eigenvalue weighted by molar-refractivity contribution is 6.30. The predicted octanol–water partition coefficient (Wildman–Crippen LogP) is 3.13. The molecule has 1 aliphatic carbocycles. The van der Waals surface area contributed by atoms with Crippen molar-refractivity contribution in [2.75, 3.05) is 19.8 Å². The second-order valence-corrected chi connectivity index (χ2v) is 7.11. The van der Waals surface area contributed by atoms with Gasteiger partial charge in [-0.1, -0.05) is 30.2 Å². The zero-order valence-electron chi connectivity index (χ0n) is 13.9. The van der Waals surface area contributed by atoms with Crippen LogP contribution in [0.5, 0.6) is 0 Å². The number of hydrogen-bond acceptors (Lipinski definition) is 4. The molecule has 0 radical (unpaired) electrons. The lowest BCUT2D eigenvalue weighted by molar-refractivity contribution is -0.0952. The van der Waals surface area contributed by atoms with Crippen LogP contribution in [-0.4, -0.2) is 40.7 Å². The van der Waals surface area contributed by atoms with Crippen LogP contribution in [0.2, 0.25) is 5.02 Å². The zero-order chi connectivity index (χ0) is 16.6. The number of hydrogen-bond donors (Lipinski definition) is 0. The van der Waals surface area contributed by atoms with E-state index in [0.29, 0.717) is 26.4 Å². The minimum absolute atomic E-state index is 0.0425. The molecule has 1 aliphatic heterocycles. The van der Waals surface area contributed by atoms with E-state index in [-0.39, 0.29) is 11.5 Å². The van der Waals surface area contributed by atoms with Crippen molar-refractivity contribution in [3.8, 4) is 0 Å². The quantitative estimate of drug-likeness (QED) is 0.852. The third-order valence-electron chi connectivity index (χ3n) is 5.07. The predicted molar refractivity (Wildman–Crippen MR) is 91.4 cm³/mol. The van der Waals surface area contributed by atoms with Crippen LogP contribution in [-0.2, 0) is 21.4 Å². The zero-order valence-corrected chi connectivity index (χ0v) is 14.6. The number of ether oxygens (including phenoxy) is 2. The van der Waals surface area contributed by atoms with Gasteiger partial charge in [-0.05, 0) is 37.5 Å². The van der Waals surface area contributed by atoms with Gasteiger partial charge in [0.1, 0.15) is 17.8 Å². The summed E-state index contributed by atoms with van der Waals surface area (Å²) in [5.74, 6) is 1.85. The van der Waals surface area contributed by atoms with E-state index in [1.165, 1.54) is 12.0 Å². The summed E-state index contributed by atoms with van der Waals surface area (Å²) in [7, 11) is 0. The normalized spacial score (nSPS) is 23.0. The Balaban J connectivity index is 1.67. The molecule has 24 heavy (non-hydrogen) atoms. The highest BCUT2D eigenvalue weighted by Gasteiger charge is 2.44. The van der Waals surface area contributed by atoms with Crippen LogP contribution >= 0.6 is 11.6 Å². The maximum Gasteiger partial charge on any atom is 0.147 e. The highest BCUT2D eigenvalue weighted by Crippen LogP contribution is 2.48. The molecule has 2 aliphatic rings. The molecule has 1 aromatic heterocycles. The van der Waals surface area contributed by atoms with Crippen molar-refractivity contribution < 1.29 is 9.47 Å². The van der Waals surface area contributed by atoms with E-state index >= 15 is 0 Å². The van der Waals surface area contributed by atoms with Crippen molar-refractivity contribution in [2.24, 2.45) is 0 Å². The molecule has 2 aromatic rings. The lowest BCUT2D eigenvalue weighted by Crippen LogP contribution is -2.40. The Labute approximate surface area is 146 Å². The molecule has 4 rings (SSSR count). The van der Waals surface area contributed by atoms with Crippen LogP contribution < -0.4 is 0 Å². The third-order valence-corrected chi connectivity index (χ3v) is 5.32. The maximum atomic E-state index is 6.07. The number of aryl methyl sites for hydroxylation is 1. The molecular weight excluding hydrogens is 326 g/mol. The van der Waals surface area contributed by atoms with Crippen LogP contribution in [0.4, 0.5) is 0 Å². The molecule has 1 saturated heterocycles. The third kappa shape index (κ3) is 2.85. The summed E-state index contributed by atoms with van der Waals surface area (Å²) in [6.07, 6.45) is 3.43. The molecular formula is C18H22ClN3O2. The molecule has 0 amide bonds. The average molecular weight is 348 g/mol. The average Bonchev–Trinajstić information content (AvgIpc) is 2.90. The molecule has 6 heteroatoms. The fourth-order valence-corrected chi connectivity index (χ4v) is 3.84. The second-order valence-electron chi connectivity index (χ2n) is 6.68. The van der Waals surface area contributed by atoms with Gasteiger partial charge in [-0.3, -0.25) is 0 Å². The minimum Gasteiger partial charge on any atom is -0.376 e. The van der Waals surface area contributed by atoms with Crippen LogP contribution in [0.1, 0.15) is 36.5 Å². The molecule has 0 spiro atoms. The van der Waals surface area contributed by atoms with Gasteiger partial charge in [0.15, 0.2) is 0 Å². The molecule has 128 valence electrons. The van der Waals surface area contributed by atoms with E-state index in [1.807, 2.05) is 23.7 Å². The molecule has 2 fully saturated rings. The van der Waals surface area contributed by atoms with Crippen molar-refractivity contribution >= 4 is 11.6 Å². The molecule has 0 unspecified atom stereocenters. The standard InChI is InChI=1S/C18H22ClN3O2/c1-13-20-17(22(21-13)11-16-12-23-9-10-24-16)18(7-2-8-18)14-3-5-15(19)6-4-14/h3-6,16H,2,7-12H2,1H3/t16-/m1/s1. The first-order chi connectivity index (χ1) is 11.7. The Morgan fingerprint density at radius 2 is 2.04 bits per heavy atom. The van der Waals surface area contributed by atoms with Crippen LogP contribution in [0.3, 0.4) is 0 Å². The minimum atomic E-state index is -0.0542. The Hall–Kier alpha value is -1.43. The van der Waals surface area contributed by atoms with Gasteiger partial charge in [-0.2, -0.15) is 5.10 Å². The van der Waals surface area contributed by atoms with E-state index in [2.05, 4.69) is 17.2 Å². The highest BCUT2D eigenvalue weighted by atomic mass is 35.5. The van der Waals surface area contributed by atoms with Crippen LogP contribution in [0.25, 0.3) is 0 Å². The van der Waals surface area contributed by atoms with Gasteiger partial charge >= 0.3 is 0 Å². The lowest BCUT2D eigenvalue weighted by Gasteiger charge is -2.41. The molecule has 1 aromatic carbocycles. The molecule has 1 saturated carbocycles. The monoisotopic (exact) mass is 347 g/mol.